The normalized spacial score (nSPS) is 10.9. The van der Waals surface area contributed by atoms with E-state index in [1.807, 2.05) is 13.8 Å². The average molecular weight is 302 g/mol. The van der Waals surface area contributed by atoms with Gasteiger partial charge in [0.15, 0.2) is 5.78 Å². The van der Waals surface area contributed by atoms with Crippen molar-refractivity contribution in [3.05, 3.63) is 47.5 Å². The first kappa shape index (κ1) is 17.8. The second-order valence-electron chi connectivity index (χ2n) is 5.89. The van der Waals surface area contributed by atoms with Gasteiger partial charge in [0.2, 0.25) is 0 Å². The SMILES string of the molecule is C=C(C)C(=O)CC(C)(C)c1ccc(C(=O)C(=O)OCC)cc1. The molecule has 0 aliphatic rings. The predicted molar refractivity (Wildman–Crippen MR) is 84.9 cm³/mol. The third-order valence-corrected chi connectivity index (χ3v) is 3.47. The van der Waals surface area contributed by atoms with Crippen LogP contribution in [0.25, 0.3) is 0 Å². The number of hydrogen-bond donors (Lipinski definition) is 0. The lowest BCUT2D eigenvalue weighted by Gasteiger charge is -2.24. The van der Waals surface area contributed by atoms with Gasteiger partial charge in [0, 0.05) is 12.0 Å². The molecule has 0 unspecified atom stereocenters. The van der Waals surface area contributed by atoms with Gasteiger partial charge in [0.05, 0.1) is 6.61 Å². The molecule has 0 aliphatic heterocycles. The molecule has 0 bridgehead atoms. The second-order valence-corrected chi connectivity index (χ2v) is 5.89. The minimum absolute atomic E-state index is 0.0108. The first-order valence-corrected chi connectivity index (χ1v) is 7.19. The van der Waals surface area contributed by atoms with E-state index in [1.54, 1.807) is 38.1 Å². The summed E-state index contributed by atoms with van der Waals surface area (Å²) in [5.41, 5.74) is 1.36. The smallest absolute Gasteiger partial charge is 0.379 e. The molecule has 4 nitrogen and oxygen atoms in total. The van der Waals surface area contributed by atoms with Crippen LogP contribution in [0.2, 0.25) is 0 Å². The Morgan fingerprint density at radius 3 is 2.14 bits per heavy atom. The van der Waals surface area contributed by atoms with Crippen LogP contribution >= 0.6 is 0 Å². The lowest BCUT2D eigenvalue weighted by molar-refractivity contribution is -0.137. The maximum Gasteiger partial charge on any atom is 0.379 e. The topological polar surface area (TPSA) is 60.4 Å². The number of allylic oxidation sites excluding steroid dienone is 1. The van der Waals surface area contributed by atoms with E-state index in [1.165, 1.54) is 0 Å². The Kier molecular flexibility index (Phi) is 5.80. The Balaban J connectivity index is 2.92. The number of hydrogen-bond acceptors (Lipinski definition) is 4. The fourth-order valence-corrected chi connectivity index (χ4v) is 2.04. The molecular formula is C18H22O4. The van der Waals surface area contributed by atoms with Crippen LogP contribution in [0.1, 0.15) is 50.0 Å². The monoisotopic (exact) mass is 302 g/mol. The van der Waals surface area contributed by atoms with Crippen LogP contribution < -0.4 is 0 Å². The molecular weight excluding hydrogens is 280 g/mol. The molecule has 0 N–H and O–H groups in total. The summed E-state index contributed by atoms with van der Waals surface area (Å²) < 4.78 is 4.69. The van der Waals surface area contributed by atoms with E-state index in [4.69, 9.17) is 4.74 Å². The van der Waals surface area contributed by atoms with Crippen LogP contribution in [0.3, 0.4) is 0 Å². The van der Waals surface area contributed by atoms with Crippen molar-refractivity contribution in [2.45, 2.75) is 39.5 Å². The van der Waals surface area contributed by atoms with E-state index in [0.717, 1.165) is 5.56 Å². The molecule has 0 atom stereocenters. The van der Waals surface area contributed by atoms with Gasteiger partial charge in [-0.15, -0.1) is 0 Å². The zero-order valence-electron chi connectivity index (χ0n) is 13.6. The van der Waals surface area contributed by atoms with E-state index in [0.29, 0.717) is 12.0 Å². The van der Waals surface area contributed by atoms with E-state index < -0.39 is 11.8 Å². The molecule has 118 valence electrons. The average Bonchev–Trinajstić information content (AvgIpc) is 2.46. The summed E-state index contributed by atoms with van der Waals surface area (Å²) in [7, 11) is 0. The molecule has 0 fully saturated rings. The van der Waals surface area contributed by atoms with Gasteiger partial charge in [-0.2, -0.15) is 0 Å². The van der Waals surface area contributed by atoms with Gasteiger partial charge in [-0.25, -0.2) is 4.79 Å². The standard InChI is InChI=1S/C18H22O4/c1-6-22-17(21)16(20)13-7-9-14(10-8-13)18(4,5)11-15(19)12(2)3/h7-10H,2,6,11H2,1,3-5H3. The summed E-state index contributed by atoms with van der Waals surface area (Å²) in [5, 5.41) is 0. The Morgan fingerprint density at radius 2 is 1.68 bits per heavy atom. The minimum Gasteiger partial charge on any atom is -0.460 e. The Labute approximate surface area is 131 Å². The summed E-state index contributed by atoms with van der Waals surface area (Å²) in [4.78, 5) is 35.1. The number of benzene rings is 1. The van der Waals surface area contributed by atoms with Gasteiger partial charge >= 0.3 is 5.97 Å². The third-order valence-electron chi connectivity index (χ3n) is 3.47. The molecule has 1 aromatic rings. The van der Waals surface area contributed by atoms with Crippen LogP contribution in [-0.4, -0.2) is 24.1 Å². The van der Waals surface area contributed by atoms with Gasteiger partial charge in [0.1, 0.15) is 0 Å². The van der Waals surface area contributed by atoms with Gasteiger partial charge in [-0.3, -0.25) is 9.59 Å². The highest BCUT2D eigenvalue weighted by molar-refractivity contribution is 6.40. The molecule has 0 amide bonds. The predicted octanol–water partition coefficient (Wildman–Crippen LogP) is 3.25. The maximum absolute atomic E-state index is 11.9. The second kappa shape index (κ2) is 7.16. The van der Waals surface area contributed by atoms with E-state index in [9.17, 15) is 14.4 Å². The highest BCUT2D eigenvalue weighted by Crippen LogP contribution is 2.28. The Hall–Kier alpha value is -2.23. The van der Waals surface area contributed by atoms with Crippen molar-refractivity contribution < 1.29 is 19.1 Å². The molecule has 1 rings (SSSR count). The molecule has 0 saturated carbocycles. The van der Waals surface area contributed by atoms with Crippen LogP contribution in [0, 0.1) is 0 Å². The van der Waals surface area contributed by atoms with E-state index in [-0.39, 0.29) is 23.4 Å². The fraction of sp³-hybridized carbons (Fsp3) is 0.389. The van der Waals surface area contributed by atoms with Gasteiger partial charge in [-0.05, 0) is 30.4 Å². The number of Topliss-reactive ketones (excluding diaryl/α,β-unsaturated/α-hetero) is 2. The van der Waals surface area contributed by atoms with E-state index >= 15 is 0 Å². The number of esters is 1. The van der Waals surface area contributed by atoms with Crippen molar-refractivity contribution in [1.82, 2.24) is 0 Å². The molecule has 4 heteroatoms. The molecule has 1 aromatic carbocycles. The van der Waals surface area contributed by atoms with Gasteiger partial charge in [0.25, 0.3) is 5.78 Å². The maximum atomic E-state index is 11.9. The number of ketones is 2. The lowest BCUT2D eigenvalue weighted by Crippen LogP contribution is -2.23. The van der Waals surface area contributed by atoms with Crippen molar-refractivity contribution in [2.24, 2.45) is 0 Å². The first-order chi connectivity index (χ1) is 10.2. The lowest BCUT2D eigenvalue weighted by atomic mass is 9.79. The van der Waals surface area contributed by atoms with Crippen LogP contribution in [0.4, 0.5) is 0 Å². The Bertz CT molecular complexity index is 594. The fourth-order valence-electron chi connectivity index (χ4n) is 2.04. The van der Waals surface area contributed by atoms with Gasteiger partial charge in [-0.1, -0.05) is 44.7 Å². The molecule has 0 spiro atoms. The summed E-state index contributed by atoms with van der Waals surface area (Å²) in [6, 6.07) is 6.69. The molecule has 0 aromatic heterocycles. The molecule has 0 radical (unpaired) electrons. The highest BCUT2D eigenvalue weighted by atomic mass is 16.5. The van der Waals surface area contributed by atoms with Crippen LogP contribution in [0.5, 0.6) is 0 Å². The largest absolute Gasteiger partial charge is 0.460 e. The molecule has 22 heavy (non-hydrogen) atoms. The first-order valence-electron chi connectivity index (χ1n) is 7.19. The summed E-state index contributed by atoms with van der Waals surface area (Å²) in [6.07, 6.45) is 0.341. The summed E-state index contributed by atoms with van der Waals surface area (Å²) in [5.74, 6) is -1.51. The summed E-state index contributed by atoms with van der Waals surface area (Å²) in [6.45, 7) is 11.1. The minimum atomic E-state index is -0.855. The molecule has 0 aliphatic carbocycles. The van der Waals surface area contributed by atoms with E-state index in [2.05, 4.69) is 6.58 Å². The van der Waals surface area contributed by atoms with Crippen molar-refractivity contribution in [3.8, 4) is 0 Å². The zero-order chi connectivity index (χ0) is 16.9. The zero-order valence-corrected chi connectivity index (χ0v) is 13.6. The third kappa shape index (κ3) is 4.38. The number of ether oxygens (including phenoxy) is 1. The Morgan fingerprint density at radius 1 is 1.14 bits per heavy atom. The number of carbonyl (C=O) groups excluding carboxylic acids is 3. The molecule has 0 heterocycles. The highest BCUT2D eigenvalue weighted by Gasteiger charge is 2.25. The number of rotatable bonds is 7. The van der Waals surface area contributed by atoms with Crippen molar-refractivity contribution >= 4 is 17.5 Å². The van der Waals surface area contributed by atoms with Gasteiger partial charge < -0.3 is 4.74 Å². The van der Waals surface area contributed by atoms with Crippen molar-refractivity contribution in [3.63, 3.8) is 0 Å². The van der Waals surface area contributed by atoms with Crippen LogP contribution in [-0.2, 0) is 19.7 Å². The number of carbonyl (C=O) groups is 3. The van der Waals surface area contributed by atoms with Crippen LogP contribution in [0.15, 0.2) is 36.4 Å². The summed E-state index contributed by atoms with van der Waals surface area (Å²) >= 11 is 0. The van der Waals surface area contributed by atoms with Crippen molar-refractivity contribution in [1.29, 1.82) is 0 Å². The quantitative estimate of drug-likeness (QED) is 0.336. The molecule has 0 saturated heterocycles. The van der Waals surface area contributed by atoms with Crippen molar-refractivity contribution in [2.75, 3.05) is 6.61 Å².